The molecule has 9 heteroatoms. The van der Waals surface area contributed by atoms with E-state index >= 15 is 0 Å². The quantitative estimate of drug-likeness (QED) is 0.187. The van der Waals surface area contributed by atoms with Gasteiger partial charge in [0.15, 0.2) is 5.96 Å². The lowest BCUT2D eigenvalue weighted by atomic mass is 10.2. The van der Waals surface area contributed by atoms with Crippen molar-refractivity contribution in [3.63, 3.8) is 0 Å². The number of aliphatic imine (C=N–C) groups is 1. The van der Waals surface area contributed by atoms with Gasteiger partial charge in [-0.1, -0.05) is 13.8 Å². The molecule has 0 heterocycles. The standard InChI is InChI=1S/C13H30N4O3S.HI/c1-12(2)11-20-10-6-8-16-13(14-3)15-7-5-9-17-21(4,18)19;/h12,17H,5-11H2,1-4H3,(H2,14,15,16);1H. The van der Waals surface area contributed by atoms with Crippen LogP contribution in [0.5, 0.6) is 0 Å². The third-order valence-electron chi connectivity index (χ3n) is 2.44. The molecule has 7 nitrogen and oxygen atoms in total. The number of ether oxygens (including phenoxy) is 1. The van der Waals surface area contributed by atoms with Crippen LogP contribution in [0.25, 0.3) is 0 Å². The van der Waals surface area contributed by atoms with Crippen LogP contribution in [-0.2, 0) is 14.8 Å². The molecule has 0 aromatic carbocycles. The van der Waals surface area contributed by atoms with Crippen LogP contribution in [-0.4, -0.2) is 60.5 Å². The lowest BCUT2D eigenvalue weighted by molar-refractivity contribution is 0.108. The molecule has 0 fully saturated rings. The summed E-state index contributed by atoms with van der Waals surface area (Å²) in [5.74, 6) is 1.28. The van der Waals surface area contributed by atoms with E-state index in [4.69, 9.17) is 4.74 Å². The van der Waals surface area contributed by atoms with Crippen molar-refractivity contribution in [2.24, 2.45) is 10.9 Å². The molecule has 3 N–H and O–H groups in total. The molecule has 0 amide bonds. The fraction of sp³-hybridized carbons (Fsp3) is 0.923. The van der Waals surface area contributed by atoms with Gasteiger partial charge in [0, 0.05) is 39.9 Å². The molecule has 22 heavy (non-hydrogen) atoms. The molecule has 0 aliphatic heterocycles. The third-order valence-corrected chi connectivity index (χ3v) is 3.17. The van der Waals surface area contributed by atoms with E-state index in [1.54, 1.807) is 7.05 Å². The van der Waals surface area contributed by atoms with E-state index in [9.17, 15) is 8.42 Å². The molecule has 0 saturated carbocycles. The Morgan fingerprint density at radius 1 is 1.14 bits per heavy atom. The Kier molecular flexibility index (Phi) is 15.9. The van der Waals surface area contributed by atoms with Crippen LogP contribution < -0.4 is 15.4 Å². The molecule has 0 radical (unpaired) electrons. The van der Waals surface area contributed by atoms with Crippen molar-refractivity contribution < 1.29 is 13.2 Å². The highest BCUT2D eigenvalue weighted by molar-refractivity contribution is 14.0. The van der Waals surface area contributed by atoms with E-state index in [1.165, 1.54) is 0 Å². The highest BCUT2D eigenvalue weighted by Crippen LogP contribution is 1.92. The Morgan fingerprint density at radius 3 is 2.23 bits per heavy atom. The average Bonchev–Trinajstić information content (AvgIpc) is 2.38. The highest BCUT2D eigenvalue weighted by Gasteiger charge is 2.00. The van der Waals surface area contributed by atoms with Crippen molar-refractivity contribution in [1.29, 1.82) is 0 Å². The zero-order valence-electron chi connectivity index (χ0n) is 14.0. The summed E-state index contributed by atoms with van der Waals surface area (Å²) >= 11 is 0. The molecule has 0 aliphatic rings. The van der Waals surface area contributed by atoms with Crippen molar-refractivity contribution in [2.45, 2.75) is 26.7 Å². The summed E-state index contributed by atoms with van der Waals surface area (Å²) in [7, 11) is -1.39. The fourth-order valence-corrected chi connectivity index (χ4v) is 1.99. The van der Waals surface area contributed by atoms with E-state index in [0.29, 0.717) is 25.4 Å². The van der Waals surface area contributed by atoms with Gasteiger partial charge in [-0.25, -0.2) is 13.1 Å². The van der Waals surface area contributed by atoms with Gasteiger partial charge in [0.1, 0.15) is 0 Å². The maximum absolute atomic E-state index is 10.9. The van der Waals surface area contributed by atoms with Gasteiger partial charge < -0.3 is 15.4 Å². The van der Waals surface area contributed by atoms with Crippen LogP contribution in [0.1, 0.15) is 26.7 Å². The molecule has 134 valence electrons. The van der Waals surface area contributed by atoms with E-state index in [2.05, 4.69) is 34.2 Å². The zero-order valence-corrected chi connectivity index (χ0v) is 17.2. The predicted molar refractivity (Wildman–Crippen MR) is 103 cm³/mol. The summed E-state index contributed by atoms with van der Waals surface area (Å²) < 4.78 is 29.7. The van der Waals surface area contributed by atoms with Gasteiger partial charge in [0.05, 0.1) is 6.26 Å². The number of guanidine groups is 1. The van der Waals surface area contributed by atoms with Crippen LogP contribution in [0.2, 0.25) is 0 Å². The summed E-state index contributed by atoms with van der Waals surface area (Å²) in [6, 6.07) is 0. The second-order valence-electron chi connectivity index (χ2n) is 5.27. The first-order chi connectivity index (χ1) is 9.85. The molecule has 0 spiro atoms. The minimum absolute atomic E-state index is 0. The van der Waals surface area contributed by atoms with Gasteiger partial charge in [-0.15, -0.1) is 24.0 Å². The van der Waals surface area contributed by atoms with E-state index in [1.807, 2.05) is 0 Å². The second kappa shape index (κ2) is 14.5. The first-order valence-corrected chi connectivity index (χ1v) is 9.21. The monoisotopic (exact) mass is 450 g/mol. The van der Waals surface area contributed by atoms with Crippen molar-refractivity contribution in [3.05, 3.63) is 0 Å². The van der Waals surface area contributed by atoms with E-state index in [-0.39, 0.29) is 24.0 Å². The number of hydrogen-bond donors (Lipinski definition) is 3. The van der Waals surface area contributed by atoms with Crippen LogP contribution in [0.15, 0.2) is 4.99 Å². The average molecular weight is 450 g/mol. The zero-order chi connectivity index (χ0) is 16.1. The highest BCUT2D eigenvalue weighted by atomic mass is 127. The molecule has 0 atom stereocenters. The largest absolute Gasteiger partial charge is 0.381 e. The molecule has 0 bridgehead atoms. The third kappa shape index (κ3) is 17.9. The van der Waals surface area contributed by atoms with E-state index in [0.717, 1.165) is 38.4 Å². The molecular weight excluding hydrogens is 419 g/mol. The van der Waals surface area contributed by atoms with Gasteiger partial charge in [-0.2, -0.15) is 0 Å². The van der Waals surface area contributed by atoms with Crippen molar-refractivity contribution in [3.8, 4) is 0 Å². The number of sulfonamides is 1. The Hall–Kier alpha value is -0.130. The molecule has 0 unspecified atom stereocenters. The lowest BCUT2D eigenvalue weighted by Crippen LogP contribution is -2.39. The molecule has 0 aromatic heterocycles. The lowest BCUT2D eigenvalue weighted by Gasteiger charge is -2.12. The summed E-state index contributed by atoms with van der Waals surface area (Å²) in [5, 5.41) is 6.31. The molecule has 0 rings (SSSR count). The predicted octanol–water partition coefficient (Wildman–Crippen LogP) is 0.771. The summed E-state index contributed by atoms with van der Waals surface area (Å²) in [4.78, 5) is 4.10. The first-order valence-electron chi connectivity index (χ1n) is 7.32. The van der Waals surface area contributed by atoms with Crippen molar-refractivity contribution in [1.82, 2.24) is 15.4 Å². The summed E-state index contributed by atoms with van der Waals surface area (Å²) in [5.41, 5.74) is 0. The Balaban J connectivity index is 0. The Labute approximate surface area is 152 Å². The van der Waals surface area contributed by atoms with Crippen LogP contribution in [0.4, 0.5) is 0 Å². The molecule has 0 aliphatic carbocycles. The fourth-order valence-electron chi connectivity index (χ4n) is 1.47. The topological polar surface area (TPSA) is 91.8 Å². The van der Waals surface area contributed by atoms with E-state index < -0.39 is 10.0 Å². The van der Waals surface area contributed by atoms with Crippen LogP contribution in [0, 0.1) is 5.92 Å². The van der Waals surface area contributed by atoms with Crippen LogP contribution >= 0.6 is 24.0 Å². The number of nitrogens with one attached hydrogen (secondary N) is 3. The van der Waals surface area contributed by atoms with Gasteiger partial charge in [0.25, 0.3) is 0 Å². The maximum Gasteiger partial charge on any atom is 0.208 e. The van der Waals surface area contributed by atoms with Crippen LogP contribution in [0.3, 0.4) is 0 Å². The Morgan fingerprint density at radius 2 is 1.73 bits per heavy atom. The summed E-state index contributed by atoms with van der Waals surface area (Å²) in [6.07, 6.45) is 2.77. The molecular formula is C13H31IN4O3S. The normalized spacial score (nSPS) is 12.1. The van der Waals surface area contributed by atoms with Gasteiger partial charge in [-0.05, 0) is 18.8 Å². The molecule has 0 saturated heterocycles. The second-order valence-corrected chi connectivity index (χ2v) is 7.10. The van der Waals surface area contributed by atoms with Crippen molar-refractivity contribution in [2.75, 3.05) is 46.2 Å². The minimum Gasteiger partial charge on any atom is -0.381 e. The van der Waals surface area contributed by atoms with Gasteiger partial charge in [-0.3, -0.25) is 4.99 Å². The number of rotatable bonds is 11. The van der Waals surface area contributed by atoms with Gasteiger partial charge in [0.2, 0.25) is 10.0 Å². The van der Waals surface area contributed by atoms with Gasteiger partial charge >= 0.3 is 0 Å². The number of nitrogens with zero attached hydrogens (tertiary/aromatic N) is 1. The first kappa shape index (κ1) is 24.1. The summed E-state index contributed by atoms with van der Waals surface area (Å²) in [6.45, 7) is 7.66. The van der Waals surface area contributed by atoms with Crippen molar-refractivity contribution >= 4 is 40.0 Å². The Bertz CT molecular complexity index is 389. The molecule has 0 aromatic rings. The SMILES string of the molecule is CN=C(NCCCNS(C)(=O)=O)NCCCOCC(C)C.I. The minimum atomic E-state index is -3.10. The smallest absolute Gasteiger partial charge is 0.208 e. The number of halogens is 1. The number of hydrogen-bond acceptors (Lipinski definition) is 4. The maximum atomic E-state index is 10.9.